The lowest BCUT2D eigenvalue weighted by Gasteiger charge is -2.22. The Balaban J connectivity index is 1.32. The summed E-state index contributed by atoms with van der Waals surface area (Å²) in [6.07, 6.45) is 2.19. The molecule has 0 bridgehead atoms. The van der Waals surface area contributed by atoms with Crippen LogP contribution in [0.15, 0.2) is 48.5 Å². The predicted octanol–water partition coefficient (Wildman–Crippen LogP) is 4.21. The van der Waals surface area contributed by atoms with E-state index in [1.54, 1.807) is 21.7 Å². The molecule has 0 aliphatic heterocycles. The van der Waals surface area contributed by atoms with E-state index in [4.69, 9.17) is 17.3 Å². The number of carbonyl (C=O) groups excluding carboxylic acids is 2. The van der Waals surface area contributed by atoms with Gasteiger partial charge in [-0.15, -0.1) is 0 Å². The van der Waals surface area contributed by atoms with Gasteiger partial charge in [0.25, 0.3) is 11.8 Å². The van der Waals surface area contributed by atoms with Crippen LogP contribution in [0, 0.1) is 5.92 Å². The number of para-hydroxylation sites is 1. The number of halogens is 1. The number of carbonyl (C=O) groups is 2. The van der Waals surface area contributed by atoms with Crippen LogP contribution in [0.25, 0.3) is 21.3 Å². The van der Waals surface area contributed by atoms with Gasteiger partial charge in [-0.1, -0.05) is 53.3 Å². The normalized spacial score (nSPS) is 13.2. The minimum absolute atomic E-state index is 0.197. The third-order valence-corrected chi connectivity index (χ3v) is 7.20. The highest BCUT2D eigenvalue weighted by Crippen LogP contribution is 2.35. The SMILES string of the molecule is Cn1nc(C(=O)NCCN(CC2CC2)C(=O)c2nc(N)sc2-c2cccc(Cl)c2)c2ccccc21. The molecule has 5 rings (SSSR count). The molecule has 0 radical (unpaired) electrons. The number of nitrogens with two attached hydrogens (primary N) is 1. The number of nitrogens with zero attached hydrogens (tertiary/aromatic N) is 4. The topological polar surface area (TPSA) is 106 Å². The average molecular weight is 509 g/mol. The molecule has 0 spiro atoms. The Bertz CT molecular complexity index is 1410. The van der Waals surface area contributed by atoms with E-state index in [9.17, 15) is 9.59 Å². The summed E-state index contributed by atoms with van der Waals surface area (Å²) in [5.41, 5.74) is 8.38. The zero-order chi connectivity index (χ0) is 24.5. The third kappa shape index (κ3) is 5.01. The molecule has 2 heterocycles. The van der Waals surface area contributed by atoms with E-state index in [0.717, 1.165) is 29.3 Å². The van der Waals surface area contributed by atoms with Gasteiger partial charge in [0.15, 0.2) is 10.8 Å². The molecule has 180 valence electrons. The van der Waals surface area contributed by atoms with Crippen molar-refractivity contribution in [3.8, 4) is 10.4 Å². The average Bonchev–Trinajstić information content (AvgIpc) is 3.49. The number of aryl methyl sites for hydroxylation is 1. The molecule has 8 nitrogen and oxygen atoms in total. The summed E-state index contributed by atoms with van der Waals surface area (Å²) < 4.78 is 1.69. The molecule has 10 heteroatoms. The Morgan fingerprint density at radius 3 is 2.77 bits per heavy atom. The Morgan fingerprint density at radius 1 is 1.20 bits per heavy atom. The molecule has 1 fully saturated rings. The number of amides is 2. The number of rotatable bonds is 8. The minimum atomic E-state index is -0.266. The maximum absolute atomic E-state index is 13.6. The summed E-state index contributed by atoms with van der Waals surface area (Å²) in [5, 5.41) is 8.99. The number of benzene rings is 2. The number of hydrogen-bond donors (Lipinski definition) is 2. The summed E-state index contributed by atoms with van der Waals surface area (Å²) in [4.78, 5) is 33.3. The van der Waals surface area contributed by atoms with E-state index < -0.39 is 0 Å². The van der Waals surface area contributed by atoms with Crippen LogP contribution in [0.1, 0.15) is 33.8 Å². The lowest BCUT2D eigenvalue weighted by Crippen LogP contribution is -2.40. The maximum atomic E-state index is 13.6. The van der Waals surface area contributed by atoms with Gasteiger partial charge in [0.1, 0.15) is 5.69 Å². The molecular weight excluding hydrogens is 484 g/mol. The first-order valence-corrected chi connectivity index (χ1v) is 12.6. The fourth-order valence-electron chi connectivity index (χ4n) is 4.11. The number of thiazole rings is 1. The second-order valence-corrected chi connectivity index (χ2v) is 10.1. The zero-order valence-electron chi connectivity index (χ0n) is 19.2. The van der Waals surface area contributed by atoms with Crippen molar-refractivity contribution in [2.45, 2.75) is 12.8 Å². The third-order valence-electron chi connectivity index (χ3n) is 6.04. The number of nitrogen functional groups attached to an aromatic ring is 1. The van der Waals surface area contributed by atoms with Crippen molar-refractivity contribution < 1.29 is 9.59 Å². The minimum Gasteiger partial charge on any atom is -0.375 e. The van der Waals surface area contributed by atoms with Crippen molar-refractivity contribution in [1.82, 2.24) is 25.0 Å². The zero-order valence-corrected chi connectivity index (χ0v) is 20.8. The van der Waals surface area contributed by atoms with E-state index in [2.05, 4.69) is 15.4 Å². The predicted molar refractivity (Wildman–Crippen MR) is 139 cm³/mol. The van der Waals surface area contributed by atoms with E-state index in [1.807, 2.05) is 43.4 Å². The number of aromatic nitrogens is 3. The standard InChI is InChI=1S/C25H25ClN6O2S/c1-31-19-8-3-2-7-18(19)20(30-31)23(33)28-11-12-32(14-15-9-10-15)24(34)21-22(35-25(27)29-21)16-5-4-6-17(26)13-16/h2-8,13,15H,9-12,14H2,1H3,(H2,27,29)(H,28,33). The first kappa shape index (κ1) is 23.3. The maximum Gasteiger partial charge on any atom is 0.274 e. The van der Waals surface area contributed by atoms with Gasteiger partial charge in [-0.3, -0.25) is 14.3 Å². The van der Waals surface area contributed by atoms with Gasteiger partial charge in [-0.05, 0) is 42.5 Å². The van der Waals surface area contributed by atoms with Gasteiger partial charge in [0.2, 0.25) is 0 Å². The van der Waals surface area contributed by atoms with Crippen molar-refractivity contribution in [2.24, 2.45) is 13.0 Å². The van der Waals surface area contributed by atoms with Gasteiger partial charge in [0, 0.05) is 37.1 Å². The highest BCUT2D eigenvalue weighted by molar-refractivity contribution is 7.19. The lowest BCUT2D eigenvalue weighted by molar-refractivity contribution is 0.0736. The van der Waals surface area contributed by atoms with Crippen LogP contribution < -0.4 is 11.1 Å². The summed E-state index contributed by atoms with van der Waals surface area (Å²) >= 11 is 7.44. The summed E-state index contributed by atoms with van der Waals surface area (Å²) in [7, 11) is 1.81. The highest BCUT2D eigenvalue weighted by atomic mass is 35.5. The fraction of sp³-hybridized carbons (Fsp3) is 0.280. The number of nitrogens with one attached hydrogen (secondary N) is 1. The van der Waals surface area contributed by atoms with Crippen LogP contribution in [-0.4, -0.2) is 51.1 Å². The number of anilines is 1. The number of fused-ring (bicyclic) bond motifs is 1. The van der Waals surface area contributed by atoms with Crippen molar-refractivity contribution in [3.63, 3.8) is 0 Å². The fourth-order valence-corrected chi connectivity index (χ4v) is 5.13. The molecule has 0 atom stereocenters. The molecule has 0 saturated heterocycles. The quantitative estimate of drug-likeness (QED) is 0.371. The Labute approximate surface area is 211 Å². The molecule has 1 aliphatic rings. The first-order chi connectivity index (χ1) is 16.9. The molecule has 4 aromatic rings. The molecule has 0 unspecified atom stereocenters. The highest BCUT2D eigenvalue weighted by Gasteiger charge is 2.30. The molecule has 1 saturated carbocycles. The van der Waals surface area contributed by atoms with Gasteiger partial charge < -0.3 is 16.0 Å². The van der Waals surface area contributed by atoms with Crippen LogP contribution in [0.4, 0.5) is 5.13 Å². The van der Waals surface area contributed by atoms with Gasteiger partial charge >= 0.3 is 0 Å². The van der Waals surface area contributed by atoms with Crippen molar-refractivity contribution in [1.29, 1.82) is 0 Å². The van der Waals surface area contributed by atoms with E-state index in [-0.39, 0.29) is 11.8 Å². The van der Waals surface area contributed by atoms with Crippen molar-refractivity contribution in [3.05, 3.63) is 64.9 Å². The van der Waals surface area contributed by atoms with Gasteiger partial charge in [0.05, 0.1) is 10.4 Å². The summed E-state index contributed by atoms with van der Waals surface area (Å²) in [6, 6.07) is 14.9. The largest absolute Gasteiger partial charge is 0.375 e. The molecule has 35 heavy (non-hydrogen) atoms. The van der Waals surface area contributed by atoms with Gasteiger partial charge in [-0.25, -0.2) is 4.98 Å². The van der Waals surface area contributed by atoms with E-state index >= 15 is 0 Å². The Hall–Kier alpha value is -3.43. The van der Waals surface area contributed by atoms with Crippen molar-refractivity contribution >= 4 is 50.8 Å². The van der Waals surface area contributed by atoms with Gasteiger partial charge in [-0.2, -0.15) is 5.10 Å². The summed E-state index contributed by atoms with van der Waals surface area (Å²) in [5.74, 6) is 0.00971. The van der Waals surface area contributed by atoms with Crippen LogP contribution in [-0.2, 0) is 7.05 Å². The van der Waals surface area contributed by atoms with Crippen LogP contribution in [0.2, 0.25) is 5.02 Å². The Kier molecular flexibility index (Phi) is 6.44. The first-order valence-electron chi connectivity index (χ1n) is 11.4. The molecular formula is C25H25ClN6O2S. The smallest absolute Gasteiger partial charge is 0.274 e. The van der Waals surface area contributed by atoms with Crippen molar-refractivity contribution in [2.75, 3.05) is 25.4 Å². The Morgan fingerprint density at radius 2 is 2.00 bits per heavy atom. The molecule has 3 N–H and O–H groups in total. The lowest BCUT2D eigenvalue weighted by atomic mass is 10.1. The van der Waals surface area contributed by atoms with Crippen LogP contribution in [0.3, 0.4) is 0 Å². The molecule has 1 aliphatic carbocycles. The van der Waals surface area contributed by atoms with E-state index in [0.29, 0.717) is 52.0 Å². The molecule has 2 aromatic carbocycles. The number of hydrogen-bond acceptors (Lipinski definition) is 6. The molecule has 2 aromatic heterocycles. The molecule has 2 amide bonds. The van der Waals surface area contributed by atoms with Crippen LogP contribution >= 0.6 is 22.9 Å². The van der Waals surface area contributed by atoms with E-state index in [1.165, 1.54) is 11.3 Å². The second kappa shape index (κ2) is 9.67. The second-order valence-electron chi connectivity index (χ2n) is 8.68. The monoisotopic (exact) mass is 508 g/mol. The summed E-state index contributed by atoms with van der Waals surface area (Å²) in [6.45, 7) is 1.28. The van der Waals surface area contributed by atoms with Crippen LogP contribution in [0.5, 0.6) is 0 Å².